The summed E-state index contributed by atoms with van der Waals surface area (Å²) in [7, 11) is 0. The van der Waals surface area contributed by atoms with E-state index in [2.05, 4.69) is 10.3 Å². The number of rotatable bonds is 2. The molecular formula is C12H10N2O4. The molecule has 0 saturated carbocycles. The van der Waals surface area contributed by atoms with Crippen LogP contribution in [0.5, 0.6) is 5.95 Å². The number of aromatic nitrogens is 1. The summed E-state index contributed by atoms with van der Waals surface area (Å²) < 4.78 is 10.7. The molecule has 6 heteroatoms. The Kier molecular flexibility index (Phi) is 2.40. The van der Waals surface area contributed by atoms with Crippen LogP contribution >= 0.6 is 0 Å². The van der Waals surface area contributed by atoms with Gasteiger partial charge in [-0.2, -0.15) is 0 Å². The minimum Gasteiger partial charge on any atom is -0.475 e. The fourth-order valence-electron chi connectivity index (χ4n) is 1.82. The van der Waals surface area contributed by atoms with E-state index in [0.29, 0.717) is 12.2 Å². The van der Waals surface area contributed by atoms with Crippen LogP contribution in [0.3, 0.4) is 0 Å². The first kappa shape index (κ1) is 10.6. The topological polar surface area (TPSA) is 84.6 Å². The van der Waals surface area contributed by atoms with Gasteiger partial charge in [0, 0.05) is 24.0 Å². The van der Waals surface area contributed by atoms with Crippen molar-refractivity contribution < 1.29 is 19.1 Å². The number of ether oxygens (including phenoxy) is 1. The Morgan fingerprint density at radius 2 is 2.44 bits per heavy atom. The molecule has 2 aromatic rings. The molecule has 0 bridgehead atoms. The summed E-state index contributed by atoms with van der Waals surface area (Å²) in [5.41, 5.74) is 1.47. The van der Waals surface area contributed by atoms with Gasteiger partial charge in [0.15, 0.2) is 0 Å². The zero-order chi connectivity index (χ0) is 12.5. The fourth-order valence-corrected chi connectivity index (χ4v) is 1.82. The Balaban J connectivity index is 1.87. The van der Waals surface area contributed by atoms with E-state index >= 15 is 0 Å². The van der Waals surface area contributed by atoms with Crippen molar-refractivity contribution in [2.75, 3.05) is 11.9 Å². The summed E-state index contributed by atoms with van der Waals surface area (Å²) in [5, 5.41) is 11.9. The molecule has 3 rings (SSSR count). The molecule has 0 aliphatic carbocycles. The van der Waals surface area contributed by atoms with Gasteiger partial charge in [-0.1, -0.05) is 6.07 Å². The number of carboxylic acids is 1. The van der Waals surface area contributed by atoms with Gasteiger partial charge in [-0.3, -0.25) is 4.98 Å². The van der Waals surface area contributed by atoms with E-state index in [9.17, 15) is 4.79 Å². The third-order valence-corrected chi connectivity index (χ3v) is 2.69. The number of furan rings is 1. The van der Waals surface area contributed by atoms with Gasteiger partial charge in [0.1, 0.15) is 11.8 Å². The first-order valence-electron chi connectivity index (χ1n) is 5.41. The lowest BCUT2D eigenvalue weighted by Crippen LogP contribution is -2.22. The van der Waals surface area contributed by atoms with Gasteiger partial charge in [0.2, 0.25) is 5.76 Å². The average molecular weight is 246 g/mol. The third kappa shape index (κ3) is 1.77. The van der Waals surface area contributed by atoms with Crippen LogP contribution in [0.2, 0.25) is 0 Å². The highest BCUT2D eigenvalue weighted by Crippen LogP contribution is 2.36. The summed E-state index contributed by atoms with van der Waals surface area (Å²) in [5.74, 6) is -1.06. The average Bonchev–Trinajstić information content (AvgIpc) is 2.82. The van der Waals surface area contributed by atoms with Crippen molar-refractivity contribution in [3.63, 3.8) is 0 Å². The van der Waals surface area contributed by atoms with Crippen LogP contribution in [-0.4, -0.2) is 22.6 Å². The van der Waals surface area contributed by atoms with Crippen LogP contribution in [0.15, 0.2) is 35.0 Å². The number of hydrogen-bond acceptors (Lipinski definition) is 5. The van der Waals surface area contributed by atoms with E-state index in [0.717, 1.165) is 5.56 Å². The second-order valence-corrected chi connectivity index (χ2v) is 3.89. The molecule has 3 heterocycles. The smallest absolute Gasteiger partial charge is 0.372 e. The van der Waals surface area contributed by atoms with E-state index in [4.69, 9.17) is 14.3 Å². The maximum atomic E-state index is 10.8. The van der Waals surface area contributed by atoms with Gasteiger partial charge in [-0.15, -0.1) is 0 Å². The Morgan fingerprint density at radius 1 is 1.56 bits per heavy atom. The van der Waals surface area contributed by atoms with Gasteiger partial charge in [-0.05, 0) is 6.07 Å². The maximum Gasteiger partial charge on any atom is 0.372 e. The number of nitrogens with zero attached hydrogens (tertiary/aromatic N) is 1. The Labute approximate surface area is 102 Å². The van der Waals surface area contributed by atoms with Crippen molar-refractivity contribution in [1.29, 1.82) is 0 Å². The molecular weight excluding hydrogens is 236 g/mol. The highest BCUT2D eigenvalue weighted by Gasteiger charge is 2.26. The van der Waals surface area contributed by atoms with Crippen molar-refractivity contribution in [1.82, 2.24) is 4.98 Å². The number of hydrogen-bond donors (Lipinski definition) is 2. The molecule has 1 atom stereocenters. The molecule has 2 N–H and O–H groups in total. The SMILES string of the molecule is O=C(O)c1cc2c(o1)OC(c1cccnc1)CN2. The highest BCUT2D eigenvalue weighted by atomic mass is 16.6. The van der Waals surface area contributed by atoms with Gasteiger partial charge in [0.05, 0.1) is 6.54 Å². The summed E-state index contributed by atoms with van der Waals surface area (Å²) in [6.45, 7) is 0.539. The van der Waals surface area contributed by atoms with Gasteiger partial charge in [0.25, 0.3) is 0 Å². The number of nitrogens with one attached hydrogen (secondary N) is 1. The molecule has 0 saturated heterocycles. The normalized spacial score (nSPS) is 17.4. The molecule has 1 aliphatic heterocycles. The molecule has 0 amide bonds. The number of carboxylic acid groups (broad SMARTS) is 1. The largest absolute Gasteiger partial charge is 0.475 e. The van der Waals surface area contributed by atoms with Crippen LogP contribution in [0.1, 0.15) is 22.2 Å². The minimum absolute atomic E-state index is 0.140. The number of aromatic carboxylic acids is 1. The van der Waals surface area contributed by atoms with Crippen molar-refractivity contribution in [2.45, 2.75) is 6.10 Å². The van der Waals surface area contributed by atoms with Crippen molar-refractivity contribution in [3.05, 3.63) is 41.9 Å². The molecule has 6 nitrogen and oxygen atoms in total. The molecule has 1 unspecified atom stereocenters. The van der Waals surface area contributed by atoms with Gasteiger partial charge < -0.3 is 19.6 Å². The zero-order valence-electron chi connectivity index (χ0n) is 9.29. The third-order valence-electron chi connectivity index (χ3n) is 2.69. The number of anilines is 1. The van der Waals surface area contributed by atoms with Crippen LogP contribution in [0.25, 0.3) is 0 Å². The molecule has 92 valence electrons. The summed E-state index contributed by atoms with van der Waals surface area (Å²) in [6, 6.07) is 5.13. The lowest BCUT2D eigenvalue weighted by molar-refractivity contribution is 0.0646. The summed E-state index contributed by atoms with van der Waals surface area (Å²) in [4.78, 5) is 14.8. The van der Waals surface area contributed by atoms with Crippen LogP contribution < -0.4 is 10.1 Å². The molecule has 0 radical (unpaired) electrons. The first-order valence-corrected chi connectivity index (χ1v) is 5.41. The maximum absolute atomic E-state index is 10.8. The van der Waals surface area contributed by atoms with Crippen LogP contribution in [0.4, 0.5) is 5.69 Å². The van der Waals surface area contributed by atoms with Crippen LogP contribution in [0, 0.1) is 0 Å². The van der Waals surface area contributed by atoms with Crippen molar-refractivity contribution in [3.8, 4) is 5.95 Å². The molecule has 0 fully saturated rings. The van der Waals surface area contributed by atoms with E-state index in [1.807, 2.05) is 12.1 Å². The number of carbonyl (C=O) groups is 1. The Hall–Kier alpha value is -2.50. The van der Waals surface area contributed by atoms with Crippen molar-refractivity contribution in [2.24, 2.45) is 0 Å². The van der Waals surface area contributed by atoms with E-state index in [-0.39, 0.29) is 17.8 Å². The predicted octanol–water partition coefficient (Wildman–Crippen LogP) is 1.92. The van der Waals surface area contributed by atoms with E-state index in [1.54, 1.807) is 12.4 Å². The Morgan fingerprint density at radius 3 is 3.17 bits per heavy atom. The van der Waals surface area contributed by atoms with Gasteiger partial charge >= 0.3 is 11.9 Å². The number of pyridine rings is 1. The second kappa shape index (κ2) is 4.06. The molecule has 18 heavy (non-hydrogen) atoms. The quantitative estimate of drug-likeness (QED) is 0.842. The van der Waals surface area contributed by atoms with Crippen LogP contribution in [-0.2, 0) is 0 Å². The zero-order valence-corrected chi connectivity index (χ0v) is 9.29. The number of fused-ring (bicyclic) bond motifs is 1. The lowest BCUT2D eigenvalue weighted by atomic mass is 10.1. The molecule has 0 spiro atoms. The lowest BCUT2D eigenvalue weighted by Gasteiger charge is -2.23. The monoisotopic (exact) mass is 246 g/mol. The van der Waals surface area contributed by atoms with Crippen molar-refractivity contribution >= 4 is 11.7 Å². The highest BCUT2D eigenvalue weighted by molar-refractivity contribution is 5.86. The second-order valence-electron chi connectivity index (χ2n) is 3.89. The van der Waals surface area contributed by atoms with E-state index in [1.165, 1.54) is 6.07 Å². The standard InChI is InChI=1S/C12H10N2O4/c15-11(16)9-4-8-12(17-9)18-10(6-14-8)7-2-1-3-13-5-7/h1-5,10,14H,6H2,(H,15,16). The fraction of sp³-hybridized carbons (Fsp3) is 0.167. The minimum atomic E-state index is -1.12. The summed E-state index contributed by atoms with van der Waals surface area (Å²) >= 11 is 0. The summed E-state index contributed by atoms with van der Waals surface area (Å²) in [6.07, 6.45) is 3.15. The predicted molar refractivity (Wildman–Crippen MR) is 61.8 cm³/mol. The Bertz CT molecular complexity index is 579. The first-order chi connectivity index (χ1) is 8.74. The molecule has 2 aromatic heterocycles. The van der Waals surface area contributed by atoms with Gasteiger partial charge in [-0.25, -0.2) is 4.79 Å². The molecule has 0 aromatic carbocycles. The van der Waals surface area contributed by atoms with E-state index < -0.39 is 5.97 Å². The molecule has 1 aliphatic rings.